The third kappa shape index (κ3) is 6.79. The fourth-order valence-electron chi connectivity index (χ4n) is 8.91. The highest BCUT2D eigenvalue weighted by Crippen LogP contribution is 2.41. The summed E-state index contributed by atoms with van der Waals surface area (Å²) in [5.41, 5.74) is 16.0. The van der Waals surface area contributed by atoms with Crippen molar-refractivity contribution in [3.05, 3.63) is 242 Å². The fourth-order valence-corrected chi connectivity index (χ4v) is 8.91. The lowest BCUT2D eigenvalue weighted by Crippen LogP contribution is -2.16. The first kappa shape index (κ1) is 36.0. The largest absolute Gasteiger partial charge is 0.313 e. The van der Waals surface area contributed by atoms with Crippen LogP contribution in [0.3, 0.4) is 0 Å². The van der Waals surface area contributed by atoms with E-state index in [4.69, 9.17) is 0 Å². The van der Waals surface area contributed by atoms with Crippen LogP contribution in [0.4, 0.5) is 11.4 Å². The van der Waals surface area contributed by atoms with Gasteiger partial charge < -0.3 is 9.47 Å². The van der Waals surface area contributed by atoms with Gasteiger partial charge in [-0.2, -0.15) is 0 Å². The van der Waals surface area contributed by atoms with E-state index in [-0.39, 0.29) is 0 Å². The van der Waals surface area contributed by atoms with Crippen molar-refractivity contribution in [2.75, 3.05) is 4.90 Å². The van der Waals surface area contributed by atoms with Crippen molar-refractivity contribution in [3.63, 3.8) is 0 Å². The third-order valence-corrected chi connectivity index (χ3v) is 11.8. The molecule has 1 heterocycles. The van der Waals surface area contributed by atoms with Crippen molar-refractivity contribution in [1.82, 2.24) is 4.57 Å². The summed E-state index contributed by atoms with van der Waals surface area (Å²) < 4.78 is 2.38. The normalized spacial score (nSPS) is 12.4. The molecule has 0 aliphatic heterocycles. The van der Waals surface area contributed by atoms with Crippen LogP contribution >= 0.6 is 0 Å². The zero-order valence-corrected chi connectivity index (χ0v) is 33.5. The maximum Gasteiger partial charge on any atom is 0.0547 e. The van der Waals surface area contributed by atoms with Crippen LogP contribution in [0.2, 0.25) is 0 Å². The van der Waals surface area contributed by atoms with Crippen molar-refractivity contribution >= 4 is 49.5 Å². The van der Waals surface area contributed by atoms with Crippen molar-refractivity contribution in [3.8, 4) is 50.9 Å². The molecule has 286 valence electrons. The molecule has 1 aliphatic carbocycles. The van der Waals surface area contributed by atoms with Gasteiger partial charge in [-0.15, -0.1) is 0 Å². The van der Waals surface area contributed by atoms with Crippen molar-refractivity contribution in [2.45, 2.75) is 6.42 Å². The summed E-state index contributed by atoms with van der Waals surface area (Å²) in [7, 11) is 0. The molecule has 0 saturated heterocycles. The molecule has 0 spiro atoms. The van der Waals surface area contributed by atoms with E-state index in [1.165, 1.54) is 60.4 Å². The summed E-state index contributed by atoms with van der Waals surface area (Å²) >= 11 is 0. The van der Waals surface area contributed by atoms with Crippen LogP contribution in [0.5, 0.6) is 0 Å². The molecular formula is C59H40N2. The zero-order valence-electron chi connectivity index (χ0n) is 33.5. The number of para-hydroxylation sites is 2. The lowest BCUT2D eigenvalue weighted by molar-refractivity contribution is 1.10. The Morgan fingerprint density at radius 1 is 0.410 bits per heavy atom. The molecule has 1 aromatic heterocycles. The number of benzene rings is 9. The van der Waals surface area contributed by atoms with Gasteiger partial charge >= 0.3 is 0 Å². The monoisotopic (exact) mass is 776 g/mol. The van der Waals surface area contributed by atoms with Gasteiger partial charge in [0.15, 0.2) is 0 Å². The lowest BCUT2D eigenvalue weighted by Gasteiger charge is -2.28. The molecule has 9 aromatic carbocycles. The van der Waals surface area contributed by atoms with E-state index in [0.717, 1.165) is 39.5 Å². The SMILES string of the molecule is C1#CC(c2cccc(-c3ccccc3)c2)=CC=C(N(c2ccc(-c3ccc4ccccc4c3)cc2)c2cccc(-c3cccc4c3c3ccccc3n4-c3ccccc3)c2)C1. The van der Waals surface area contributed by atoms with Gasteiger partial charge in [-0.3, -0.25) is 0 Å². The van der Waals surface area contributed by atoms with E-state index in [1.807, 2.05) is 0 Å². The first-order valence-electron chi connectivity index (χ1n) is 20.9. The molecule has 0 amide bonds. The van der Waals surface area contributed by atoms with Crippen molar-refractivity contribution in [1.29, 1.82) is 0 Å². The quantitative estimate of drug-likeness (QED) is 0.140. The highest BCUT2D eigenvalue weighted by molar-refractivity contribution is 6.16. The van der Waals surface area contributed by atoms with E-state index in [9.17, 15) is 0 Å². The predicted octanol–water partition coefficient (Wildman–Crippen LogP) is 15.5. The molecular weight excluding hydrogens is 737 g/mol. The van der Waals surface area contributed by atoms with Crippen LogP contribution in [0.15, 0.2) is 236 Å². The minimum absolute atomic E-state index is 0.592. The molecule has 0 radical (unpaired) electrons. The second-order valence-corrected chi connectivity index (χ2v) is 15.5. The summed E-state index contributed by atoms with van der Waals surface area (Å²) in [6, 6.07) is 78.6. The minimum atomic E-state index is 0.592. The molecule has 61 heavy (non-hydrogen) atoms. The number of fused-ring (bicyclic) bond motifs is 4. The minimum Gasteiger partial charge on any atom is -0.313 e. The van der Waals surface area contributed by atoms with Crippen LogP contribution < -0.4 is 4.90 Å². The van der Waals surface area contributed by atoms with Gasteiger partial charge in [0.2, 0.25) is 0 Å². The summed E-state index contributed by atoms with van der Waals surface area (Å²) in [5.74, 6) is 7.09. The Bertz CT molecular complexity index is 3370. The van der Waals surface area contributed by atoms with Crippen LogP contribution in [0.25, 0.3) is 77.2 Å². The maximum atomic E-state index is 3.56. The van der Waals surface area contributed by atoms with Crippen molar-refractivity contribution < 1.29 is 0 Å². The van der Waals surface area contributed by atoms with Gasteiger partial charge in [0, 0.05) is 39.1 Å². The Morgan fingerprint density at radius 2 is 1.05 bits per heavy atom. The number of hydrogen-bond donors (Lipinski definition) is 0. The van der Waals surface area contributed by atoms with Crippen LogP contribution in [0, 0.1) is 11.8 Å². The Labute approximate surface area is 356 Å². The molecule has 1 aliphatic rings. The van der Waals surface area contributed by atoms with Gasteiger partial charge in [0.05, 0.1) is 17.5 Å². The molecule has 0 unspecified atom stereocenters. The first-order chi connectivity index (χ1) is 30.2. The lowest BCUT2D eigenvalue weighted by atomic mass is 9.98. The Morgan fingerprint density at radius 3 is 1.92 bits per heavy atom. The number of aromatic nitrogens is 1. The van der Waals surface area contributed by atoms with Crippen LogP contribution in [-0.4, -0.2) is 4.57 Å². The fraction of sp³-hybridized carbons (Fsp3) is 0.0169. The zero-order chi connectivity index (χ0) is 40.5. The third-order valence-electron chi connectivity index (χ3n) is 11.8. The molecule has 0 fully saturated rings. The number of nitrogens with zero attached hydrogens (tertiary/aromatic N) is 2. The number of anilines is 2. The highest BCUT2D eigenvalue weighted by atomic mass is 15.1. The smallest absolute Gasteiger partial charge is 0.0547 e. The van der Waals surface area contributed by atoms with E-state index >= 15 is 0 Å². The maximum absolute atomic E-state index is 3.56. The van der Waals surface area contributed by atoms with E-state index in [0.29, 0.717) is 6.42 Å². The average molecular weight is 777 g/mol. The van der Waals surface area contributed by atoms with Gasteiger partial charge in [-0.1, -0.05) is 170 Å². The predicted molar refractivity (Wildman–Crippen MR) is 258 cm³/mol. The molecule has 2 nitrogen and oxygen atoms in total. The standard InChI is InChI=1S/C59H40N2/c1-3-15-42(16-4-1)47-20-11-21-48(39-47)44-19-12-25-52(36-33-44)60(53-37-34-45(35-38-53)49-32-31-43-17-7-8-18-46(43)40-49)54-26-13-22-50(41-54)55-28-14-30-58-59(55)56-27-9-10-29-57(56)61(58)51-23-5-2-6-24-51/h1-11,13-18,20-24,26-41H,25H2. The summed E-state index contributed by atoms with van der Waals surface area (Å²) in [6.07, 6.45) is 5.03. The molecule has 0 saturated carbocycles. The Balaban J connectivity index is 1.03. The second-order valence-electron chi connectivity index (χ2n) is 15.5. The summed E-state index contributed by atoms with van der Waals surface area (Å²) in [5, 5.41) is 4.97. The topological polar surface area (TPSA) is 8.17 Å². The van der Waals surface area contributed by atoms with Gasteiger partial charge in [0.25, 0.3) is 0 Å². The van der Waals surface area contributed by atoms with Gasteiger partial charge in [0.1, 0.15) is 0 Å². The number of hydrogen-bond acceptors (Lipinski definition) is 1. The molecule has 0 atom stereocenters. The Hall–Kier alpha value is -8.12. The van der Waals surface area contributed by atoms with E-state index < -0.39 is 0 Å². The van der Waals surface area contributed by atoms with Gasteiger partial charge in [-0.05, 0) is 123 Å². The summed E-state index contributed by atoms with van der Waals surface area (Å²) in [4.78, 5) is 2.38. The molecule has 11 rings (SSSR count). The molecule has 0 N–H and O–H groups in total. The number of rotatable bonds is 8. The van der Waals surface area contributed by atoms with E-state index in [1.54, 1.807) is 0 Å². The van der Waals surface area contributed by atoms with E-state index in [2.05, 4.69) is 252 Å². The van der Waals surface area contributed by atoms with Crippen LogP contribution in [-0.2, 0) is 0 Å². The number of allylic oxidation sites excluding steroid dienone is 4. The first-order valence-corrected chi connectivity index (χ1v) is 20.9. The highest BCUT2D eigenvalue weighted by Gasteiger charge is 2.20. The second kappa shape index (κ2) is 15.6. The summed E-state index contributed by atoms with van der Waals surface area (Å²) in [6.45, 7) is 0. The van der Waals surface area contributed by atoms with Crippen LogP contribution in [0.1, 0.15) is 12.0 Å². The van der Waals surface area contributed by atoms with Crippen molar-refractivity contribution in [2.24, 2.45) is 0 Å². The molecule has 0 bridgehead atoms. The molecule has 10 aromatic rings. The average Bonchev–Trinajstić information content (AvgIpc) is 3.48. The molecule has 2 heteroatoms. The Kier molecular flexibility index (Phi) is 9.19. The van der Waals surface area contributed by atoms with Gasteiger partial charge in [-0.25, -0.2) is 0 Å².